The first-order valence-corrected chi connectivity index (χ1v) is 14.4. The van der Waals surface area contributed by atoms with E-state index in [0.29, 0.717) is 43.8 Å². The summed E-state index contributed by atoms with van der Waals surface area (Å²) in [5.74, 6) is 1.75. The second-order valence-electron chi connectivity index (χ2n) is 9.57. The van der Waals surface area contributed by atoms with Crippen LogP contribution in [0.3, 0.4) is 0 Å². The highest BCUT2D eigenvalue weighted by atomic mass is 79.9. The number of hydrogen-bond acceptors (Lipinski definition) is 7. The van der Waals surface area contributed by atoms with Gasteiger partial charge in [0.25, 0.3) is 11.2 Å². The number of ether oxygens (including phenoxy) is 2. The van der Waals surface area contributed by atoms with Crippen LogP contribution in [0.15, 0.2) is 73.4 Å². The number of nitrogens with zero attached hydrogens (tertiary/aromatic N) is 4. The molecule has 0 aliphatic heterocycles. The Morgan fingerprint density at radius 3 is 2.65 bits per heavy atom. The first kappa shape index (κ1) is 28.0. The van der Waals surface area contributed by atoms with E-state index in [1.807, 2.05) is 12.1 Å². The van der Waals surface area contributed by atoms with Crippen LogP contribution in [0.5, 0.6) is 11.5 Å². The van der Waals surface area contributed by atoms with E-state index in [4.69, 9.17) is 14.5 Å². The van der Waals surface area contributed by atoms with Gasteiger partial charge in [0.1, 0.15) is 12.4 Å². The van der Waals surface area contributed by atoms with E-state index in [1.54, 1.807) is 36.5 Å². The average Bonchev–Trinajstić information content (AvgIpc) is 2.97. The van der Waals surface area contributed by atoms with Crippen molar-refractivity contribution in [2.24, 2.45) is 5.10 Å². The molecule has 1 saturated carbocycles. The van der Waals surface area contributed by atoms with Crippen LogP contribution in [0.2, 0.25) is 0 Å². The molecule has 11 heteroatoms. The van der Waals surface area contributed by atoms with Crippen LogP contribution >= 0.6 is 31.9 Å². The molecule has 0 saturated heterocycles. The molecule has 1 aliphatic rings. The molecule has 206 valence electrons. The number of methoxy groups -OCH3 is 1. The maximum absolute atomic E-state index is 13.6. The van der Waals surface area contributed by atoms with Gasteiger partial charge in [0.05, 0.1) is 29.2 Å². The highest BCUT2D eigenvalue weighted by molar-refractivity contribution is 9.10. The monoisotopic (exact) mass is 668 g/mol. The molecule has 0 spiro atoms. The summed E-state index contributed by atoms with van der Waals surface area (Å²) in [7, 11) is 1.53. The summed E-state index contributed by atoms with van der Waals surface area (Å²) >= 11 is 7.03. The number of benzene rings is 3. The standard InChI is InChI=1S/C29H26Br2N4O5/c1-39-26-13-20(24(31)15-27(26)40-17-18-6-5-9-22(12-18)35(37)38)16-32-34-28(19-7-3-2-4-8-19)33-25-11-10-21(30)14-23(25)29(34)36/h5-6,9-16,19H,2-4,7-8,17H2,1H3. The quantitative estimate of drug-likeness (QED) is 0.110. The van der Waals surface area contributed by atoms with Crippen molar-refractivity contribution in [3.8, 4) is 11.5 Å². The summed E-state index contributed by atoms with van der Waals surface area (Å²) in [4.78, 5) is 29.1. The SMILES string of the molecule is COc1cc(C=Nn2c(C3CCCCC3)nc3ccc(Br)cc3c2=O)c(Br)cc1OCc1cccc([N+](=O)[O-])c1. The van der Waals surface area contributed by atoms with Crippen LogP contribution in [0.4, 0.5) is 5.69 Å². The van der Waals surface area contributed by atoms with Gasteiger partial charge in [-0.05, 0) is 64.7 Å². The zero-order chi connectivity index (χ0) is 28.2. The molecular formula is C29H26Br2N4O5. The molecule has 9 nitrogen and oxygen atoms in total. The number of hydrogen-bond donors (Lipinski definition) is 0. The second kappa shape index (κ2) is 12.3. The number of nitro groups is 1. The van der Waals surface area contributed by atoms with Gasteiger partial charge < -0.3 is 9.47 Å². The normalized spacial score (nSPS) is 14.1. The van der Waals surface area contributed by atoms with Crippen molar-refractivity contribution in [3.05, 3.63) is 101 Å². The van der Waals surface area contributed by atoms with E-state index in [9.17, 15) is 14.9 Å². The smallest absolute Gasteiger partial charge is 0.282 e. The zero-order valence-electron chi connectivity index (χ0n) is 21.7. The lowest BCUT2D eigenvalue weighted by atomic mass is 9.88. The molecule has 40 heavy (non-hydrogen) atoms. The Balaban J connectivity index is 1.48. The van der Waals surface area contributed by atoms with Crippen molar-refractivity contribution in [3.63, 3.8) is 0 Å². The Kier molecular flexibility index (Phi) is 8.60. The van der Waals surface area contributed by atoms with Gasteiger partial charge in [-0.1, -0.05) is 47.3 Å². The van der Waals surface area contributed by atoms with Gasteiger partial charge in [0, 0.05) is 32.6 Å². The molecule has 1 aliphatic carbocycles. The Labute approximate surface area is 247 Å². The van der Waals surface area contributed by atoms with E-state index in [1.165, 1.54) is 30.3 Å². The maximum Gasteiger partial charge on any atom is 0.282 e. The maximum atomic E-state index is 13.6. The highest BCUT2D eigenvalue weighted by Crippen LogP contribution is 2.35. The predicted octanol–water partition coefficient (Wildman–Crippen LogP) is 7.35. The molecule has 0 atom stereocenters. The highest BCUT2D eigenvalue weighted by Gasteiger charge is 2.22. The minimum absolute atomic E-state index is 0.000758. The summed E-state index contributed by atoms with van der Waals surface area (Å²) in [5.41, 5.74) is 1.77. The lowest BCUT2D eigenvalue weighted by molar-refractivity contribution is -0.384. The molecule has 0 unspecified atom stereocenters. The van der Waals surface area contributed by atoms with Crippen molar-refractivity contribution in [1.82, 2.24) is 9.66 Å². The Morgan fingerprint density at radius 2 is 1.90 bits per heavy atom. The van der Waals surface area contributed by atoms with Gasteiger partial charge in [-0.2, -0.15) is 9.78 Å². The van der Waals surface area contributed by atoms with Crippen LogP contribution in [0.25, 0.3) is 10.9 Å². The van der Waals surface area contributed by atoms with Crippen LogP contribution in [0.1, 0.15) is 55.0 Å². The fraction of sp³-hybridized carbons (Fsp3) is 0.276. The van der Waals surface area contributed by atoms with Crippen molar-refractivity contribution in [1.29, 1.82) is 0 Å². The fourth-order valence-corrected chi connectivity index (χ4v) is 5.65. The van der Waals surface area contributed by atoms with Crippen LogP contribution in [-0.4, -0.2) is 27.9 Å². The molecule has 1 fully saturated rings. The van der Waals surface area contributed by atoms with Gasteiger partial charge in [-0.3, -0.25) is 14.9 Å². The van der Waals surface area contributed by atoms with Gasteiger partial charge in [-0.15, -0.1) is 0 Å². The van der Waals surface area contributed by atoms with Crippen molar-refractivity contribution < 1.29 is 14.4 Å². The van der Waals surface area contributed by atoms with Crippen LogP contribution < -0.4 is 15.0 Å². The summed E-state index contributed by atoms with van der Waals surface area (Å²) in [6.45, 7) is 0.121. The number of aromatic nitrogens is 2. The third kappa shape index (κ3) is 6.10. The number of rotatable bonds is 8. The van der Waals surface area contributed by atoms with E-state index in [-0.39, 0.29) is 23.8 Å². The van der Waals surface area contributed by atoms with Gasteiger partial charge in [-0.25, -0.2) is 4.98 Å². The van der Waals surface area contributed by atoms with Crippen molar-refractivity contribution in [2.45, 2.75) is 44.6 Å². The number of fused-ring (bicyclic) bond motifs is 1. The van der Waals surface area contributed by atoms with Gasteiger partial charge >= 0.3 is 0 Å². The Morgan fingerprint density at radius 1 is 1.10 bits per heavy atom. The summed E-state index contributed by atoms with van der Waals surface area (Å²) in [6.07, 6.45) is 6.94. The minimum atomic E-state index is -0.441. The molecule has 0 radical (unpaired) electrons. The van der Waals surface area contributed by atoms with Crippen molar-refractivity contribution >= 4 is 54.7 Å². The Hall–Kier alpha value is -3.57. The third-order valence-electron chi connectivity index (χ3n) is 6.91. The summed E-state index contributed by atoms with van der Waals surface area (Å²) in [5, 5.41) is 16.2. The lowest BCUT2D eigenvalue weighted by Gasteiger charge is -2.22. The number of nitro benzene ring substituents is 1. The molecular weight excluding hydrogens is 644 g/mol. The topological polar surface area (TPSA) is 109 Å². The summed E-state index contributed by atoms with van der Waals surface area (Å²) < 4.78 is 14.4. The average molecular weight is 670 g/mol. The van der Waals surface area contributed by atoms with E-state index in [2.05, 4.69) is 37.0 Å². The first-order chi connectivity index (χ1) is 19.3. The van der Waals surface area contributed by atoms with Gasteiger partial charge in [0.15, 0.2) is 11.5 Å². The van der Waals surface area contributed by atoms with E-state index < -0.39 is 4.92 Å². The van der Waals surface area contributed by atoms with E-state index >= 15 is 0 Å². The summed E-state index contributed by atoms with van der Waals surface area (Å²) in [6, 6.07) is 15.3. The molecule has 1 aromatic heterocycles. The number of halogens is 2. The lowest BCUT2D eigenvalue weighted by Crippen LogP contribution is -2.25. The van der Waals surface area contributed by atoms with Crippen LogP contribution in [-0.2, 0) is 6.61 Å². The minimum Gasteiger partial charge on any atom is -0.493 e. The van der Waals surface area contributed by atoms with E-state index in [0.717, 1.165) is 30.2 Å². The molecule has 0 amide bonds. The first-order valence-electron chi connectivity index (χ1n) is 12.8. The molecule has 3 aromatic carbocycles. The number of non-ortho nitro benzene ring substituents is 1. The molecule has 5 rings (SSSR count). The third-order valence-corrected chi connectivity index (χ3v) is 8.09. The molecule has 4 aromatic rings. The Bertz CT molecular complexity index is 1660. The second-order valence-corrected chi connectivity index (χ2v) is 11.3. The fourth-order valence-electron chi connectivity index (χ4n) is 4.87. The van der Waals surface area contributed by atoms with Crippen LogP contribution in [0, 0.1) is 10.1 Å². The molecule has 0 bridgehead atoms. The molecule has 0 N–H and O–H groups in total. The van der Waals surface area contributed by atoms with Crippen molar-refractivity contribution in [2.75, 3.05) is 7.11 Å². The largest absolute Gasteiger partial charge is 0.493 e. The zero-order valence-corrected chi connectivity index (χ0v) is 24.9. The van der Waals surface area contributed by atoms with Gasteiger partial charge in [0.2, 0.25) is 0 Å². The molecule has 1 heterocycles. The predicted molar refractivity (Wildman–Crippen MR) is 161 cm³/mol.